The van der Waals surface area contributed by atoms with Gasteiger partial charge in [0.2, 0.25) is 5.89 Å². The van der Waals surface area contributed by atoms with E-state index < -0.39 is 0 Å². The number of nitrogens with one attached hydrogen (secondary N) is 1. The minimum Gasteiger partial charge on any atom is -0.382 e. The van der Waals surface area contributed by atoms with Crippen LogP contribution in [0.2, 0.25) is 0 Å². The quantitative estimate of drug-likeness (QED) is 0.918. The van der Waals surface area contributed by atoms with Gasteiger partial charge in [-0.1, -0.05) is 17.3 Å². The molecule has 5 nitrogen and oxygen atoms in total. The normalized spacial score (nSPS) is 19.9. The Hall–Kier alpha value is -1.88. The Morgan fingerprint density at radius 1 is 1.22 bits per heavy atom. The van der Waals surface area contributed by atoms with Gasteiger partial charge in [-0.05, 0) is 50.3 Å². The molecule has 2 fully saturated rings. The highest BCUT2D eigenvalue weighted by Gasteiger charge is 2.29. The lowest BCUT2D eigenvalue weighted by Crippen LogP contribution is -2.38. The van der Waals surface area contributed by atoms with Crippen molar-refractivity contribution in [2.75, 3.05) is 18.4 Å². The molecule has 0 unspecified atom stereocenters. The monoisotopic (exact) mass is 312 g/mol. The highest BCUT2D eigenvalue weighted by Crippen LogP contribution is 2.38. The van der Waals surface area contributed by atoms with E-state index in [4.69, 9.17) is 4.52 Å². The molecule has 2 aliphatic rings. The lowest BCUT2D eigenvalue weighted by molar-refractivity contribution is 0.186. The third kappa shape index (κ3) is 3.72. The van der Waals surface area contributed by atoms with Gasteiger partial charge in [0.05, 0.1) is 6.54 Å². The number of benzene rings is 1. The summed E-state index contributed by atoms with van der Waals surface area (Å²) >= 11 is 0. The molecule has 1 aromatic carbocycles. The van der Waals surface area contributed by atoms with Gasteiger partial charge in [0.1, 0.15) is 0 Å². The maximum absolute atomic E-state index is 5.39. The average molecular weight is 312 g/mol. The van der Waals surface area contributed by atoms with Gasteiger partial charge in [-0.25, -0.2) is 0 Å². The molecule has 2 aromatic rings. The van der Waals surface area contributed by atoms with E-state index in [0.717, 1.165) is 44.2 Å². The fourth-order valence-corrected chi connectivity index (χ4v) is 3.24. The zero-order chi connectivity index (χ0) is 15.6. The van der Waals surface area contributed by atoms with E-state index in [9.17, 15) is 0 Å². The Bertz CT molecular complexity index is 657. The fraction of sp³-hybridized carbons (Fsp3) is 0.556. The van der Waals surface area contributed by atoms with E-state index in [1.165, 1.54) is 24.1 Å². The smallest absolute Gasteiger partial charge is 0.240 e. The first-order chi connectivity index (χ1) is 11.3. The van der Waals surface area contributed by atoms with Gasteiger partial charge in [0.15, 0.2) is 5.82 Å². The van der Waals surface area contributed by atoms with E-state index in [1.807, 2.05) is 0 Å². The summed E-state index contributed by atoms with van der Waals surface area (Å²) in [7, 11) is 0. The molecule has 1 N–H and O–H groups in total. The van der Waals surface area contributed by atoms with E-state index in [0.29, 0.717) is 12.0 Å². The molecule has 1 aliphatic carbocycles. The van der Waals surface area contributed by atoms with Crippen molar-refractivity contribution in [2.45, 2.75) is 51.1 Å². The van der Waals surface area contributed by atoms with Crippen molar-refractivity contribution in [1.29, 1.82) is 0 Å². The number of rotatable bonds is 5. The van der Waals surface area contributed by atoms with Gasteiger partial charge in [-0.3, -0.25) is 4.90 Å². The number of nitrogens with zero attached hydrogens (tertiary/aromatic N) is 3. The second kappa shape index (κ2) is 6.32. The summed E-state index contributed by atoms with van der Waals surface area (Å²) in [4.78, 5) is 6.94. The van der Waals surface area contributed by atoms with Crippen molar-refractivity contribution in [3.8, 4) is 0 Å². The number of likely N-dealkylation sites (tertiary alicyclic amines) is 1. The third-order valence-corrected chi connectivity index (χ3v) is 4.76. The van der Waals surface area contributed by atoms with Gasteiger partial charge in [0, 0.05) is 30.7 Å². The summed E-state index contributed by atoms with van der Waals surface area (Å²) in [5.41, 5.74) is 2.53. The zero-order valence-corrected chi connectivity index (χ0v) is 13.7. The van der Waals surface area contributed by atoms with E-state index in [1.54, 1.807) is 0 Å². The van der Waals surface area contributed by atoms with Gasteiger partial charge >= 0.3 is 0 Å². The summed E-state index contributed by atoms with van der Waals surface area (Å²) in [5.74, 6) is 2.25. The van der Waals surface area contributed by atoms with Crippen LogP contribution in [-0.4, -0.2) is 34.2 Å². The molecule has 0 radical (unpaired) electrons. The summed E-state index contributed by atoms with van der Waals surface area (Å²) in [6, 6.07) is 9.16. The zero-order valence-electron chi connectivity index (χ0n) is 13.7. The predicted molar refractivity (Wildman–Crippen MR) is 89.4 cm³/mol. The predicted octanol–water partition coefficient (Wildman–Crippen LogP) is 3.33. The fourth-order valence-electron chi connectivity index (χ4n) is 3.24. The van der Waals surface area contributed by atoms with Crippen molar-refractivity contribution < 1.29 is 4.52 Å². The van der Waals surface area contributed by atoms with Crippen molar-refractivity contribution in [3.05, 3.63) is 41.5 Å². The van der Waals surface area contributed by atoms with Crippen molar-refractivity contribution in [3.63, 3.8) is 0 Å². The molecule has 0 spiro atoms. The highest BCUT2D eigenvalue weighted by atomic mass is 16.5. The topological polar surface area (TPSA) is 54.2 Å². The van der Waals surface area contributed by atoms with Crippen LogP contribution in [0.5, 0.6) is 0 Å². The van der Waals surface area contributed by atoms with Gasteiger partial charge in [-0.2, -0.15) is 4.98 Å². The molecule has 4 rings (SSSR count). The SMILES string of the molecule is Cc1cccc(NC2CCN(Cc3nc(C4CC4)no3)CC2)c1. The molecule has 122 valence electrons. The van der Waals surface area contributed by atoms with Crippen LogP contribution in [0.3, 0.4) is 0 Å². The Morgan fingerprint density at radius 2 is 2.04 bits per heavy atom. The van der Waals surface area contributed by atoms with Crippen molar-refractivity contribution in [1.82, 2.24) is 15.0 Å². The van der Waals surface area contributed by atoms with Crippen LogP contribution in [0.15, 0.2) is 28.8 Å². The van der Waals surface area contributed by atoms with Crippen LogP contribution < -0.4 is 5.32 Å². The van der Waals surface area contributed by atoms with E-state index in [2.05, 4.69) is 51.5 Å². The first-order valence-electron chi connectivity index (χ1n) is 8.64. The Morgan fingerprint density at radius 3 is 2.78 bits per heavy atom. The maximum Gasteiger partial charge on any atom is 0.240 e. The molecule has 1 saturated heterocycles. The van der Waals surface area contributed by atoms with Gasteiger partial charge in [0.25, 0.3) is 0 Å². The number of piperidine rings is 1. The molecule has 1 aromatic heterocycles. The Kier molecular flexibility index (Phi) is 4.04. The molecule has 0 amide bonds. The van der Waals surface area contributed by atoms with Gasteiger partial charge < -0.3 is 9.84 Å². The van der Waals surface area contributed by atoms with Gasteiger partial charge in [-0.15, -0.1) is 0 Å². The number of anilines is 1. The van der Waals surface area contributed by atoms with E-state index in [-0.39, 0.29) is 0 Å². The Balaban J connectivity index is 1.26. The molecule has 23 heavy (non-hydrogen) atoms. The molecule has 5 heteroatoms. The minimum absolute atomic E-state index is 0.553. The lowest BCUT2D eigenvalue weighted by atomic mass is 10.0. The summed E-state index contributed by atoms with van der Waals surface area (Å²) in [6.45, 7) is 5.07. The standard InChI is InChI=1S/C18H24N4O/c1-13-3-2-4-16(11-13)19-15-7-9-22(10-8-15)12-17-20-18(21-23-17)14-5-6-14/h2-4,11,14-15,19H,5-10,12H2,1H3. The van der Waals surface area contributed by atoms with Crippen LogP contribution >= 0.6 is 0 Å². The van der Waals surface area contributed by atoms with E-state index >= 15 is 0 Å². The lowest BCUT2D eigenvalue weighted by Gasteiger charge is -2.32. The van der Waals surface area contributed by atoms with Crippen molar-refractivity contribution >= 4 is 5.69 Å². The molecular weight excluding hydrogens is 288 g/mol. The highest BCUT2D eigenvalue weighted by molar-refractivity contribution is 5.46. The molecule has 2 heterocycles. The van der Waals surface area contributed by atoms with Crippen LogP contribution in [0.4, 0.5) is 5.69 Å². The Labute approximate surface area is 137 Å². The number of aryl methyl sites for hydroxylation is 1. The minimum atomic E-state index is 0.553. The average Bonchev–Trinajstić information content (AvgIpc) is 3.30. The molecule has 0 atom stereocenters. The van der Waals surface area contributed by atoms with Crippen LogP contribution in [-0.2, 0) is 6.54 Å². The first kappa shape index (κ1) is 14.7. The molecular formula is C18H24N4O. The number of hydrogen-bond acceptors (Lipinski definition) is 5. The second-order valence-electron chi connectivity index (χ2n) is 6.88. The summed E-state index contributed by atoms with van der Waals surface area (Å²) in [6.07, 6.45) is 4.74. The second-order valence-corrected chi connectivity index (χ2v) is 6.88. The van der Waals surface area contributed by atoms with Crippen LogP contribution in [0.1, 0.15) is 48.9 Å². The molecule has 1 saturated carbocycles. The first-order valence-corrected chi connectivity index (χ1v) is 8.64. The molecule has 0 bridgehead atoms. The number of hydrogen-bond donors (Lipinski definition) is 1. The summed E-state index contributed by atoms with van der Waals surface area (Å²) in [5, 5.41) is 7.75. The summed E-state index contributed by atoms with van der Waals surface area (Å²) < 4.78 is 5.39. The van der Waals surface area contributed by atoms with Crippen LogP contribution in [0, 0.1) is 6.92 Å². The van der Waals surface area contributed by atoms with Crippen molar-refractivity contribution in [2.24, 2.45) is 0 Å². The maximum atomic E-state index is 5.39. The van der Waals surface area contributed by atoms with Crippen LogP contribution in [0.25, 0.3) is 0 Å². The molecule has 1 aliphatic heterocycles. The third-order valence-electron chi connectivity index (χ3n) is 4.76. The largest absolute Gasteiger partial charge is 0.382 e. The number of aromatic nitrogens is 2.